The van der Waals surface area contributed by atoms with Crippen LogP contribution in [-0.4, -0.2) is 23.0 Å². The Balaban J connectivity index is 4.02. The van der Waals surface area contributed by atoms with Gasteiger partial charge in [-0.05, 0) is 19.3 Å². The Kier molecular flexibility index (Phi) is 5.06. The fourth-order valence-corrected chi connectivity index (χ4v) is 1.30. The van der Waals surface area contributed by atoms with Crippen LogP contribution in [0.15, 0.2) is 0 Å². The first-order valence-corrected chi connectivity index (χ1v) is 4.17. The van der Waals surface area contributed by atoms with Crippen molar-refractivity contribution >= 4 is 11.9 Å². The van der Waals surface area contributed by atoms with E-state index in [0.717, 1.165) is 0 Å². The number of nitrogens with two attached hydrogens (primary N) is 2. The van der Waals surface area contributed by atoms with E-state index in [2.05, 4.69) is 0 Å². The number of carboxylic acid groups (broad SMARTS) is 1. The standard InChI is InChI=1S/C8H16N2O3/c1-5(9)2-6(3-7(10)11)4-8(12)13/h5-6H,2-4,9H2,1H3,(H2,10,11)(H,12,13). The summed E-state index contributed by atoms with van der Waals surface area (Å²) < 4.78 is 0. The summed E-state index contributed by atoms with van der Waals surface area (Å²) in [6, 6.07) is -0.108. The third kappa shape index (κ3) is 7.27. The molecule has 2 unspecified atom stereocenters. The largest absolute Gasteiger partial charge is 0.481 e. The molecule has 0 aromatic rings. The minimum Gasteiger partial charge on any atom is -0.481 e. The number of rotatable bonds is 6. The molecule has 5 N–H and O–H groups in total. The number of hydrogen-bond donors (Lipinski definition) is 3. The molecule has 0 aliphatic carbocycles. The van der Waals surface area contributed by atoms with Crippen LogP contribution < -0.4 is 11.5 Å². The van der Waals surface area contributed by atoms with Crippen molar-refractivity contribution in [1.29, 1.82) is 0 Å². The van der Waals surface area contributed by atoms with E-state index in [1.807, 2.05) is 0 Å². The molecule has 0 spiro atoms. The maximum atomic E-state index is 10.6. The lowest BCUT2D eigenvalue weighted by Gasteiger charge is -2.14. The van der Waals surface area contributed by atoms with Crippen LogP contribution in [0.2, 0.25) is 0 Å². The molecule has 0 aliphatic rings. The first-order chi connectivity index (χ1) is 5.91. The second-order valence-corrected chi connectivity index (χ2v) is 3.35. The van der Waals surface area contributed by atoms with Gasteiger partial charge < -0.3 is 16.6 Å². The Labute approximate surface area is 77.1 Å². The van der Waals surface area contributed by atoms with Gasteiger partial charge in [-0.3, -0.25) is 9.59 Å². The minimum atomic E-state index is -0.924. The second-order valence-electron chi connectivity index (χ2n) is 3.35. The van der Waals surface area contributed by atoms with Crippen molar-refractivity contribution in [1.82, 2.24) is 0 Å². The Morgan fingerprint density at radius 3 is 2.23 bits per heavy atom. The molecule has 1 amide bonds. The molecule has 0 rings (SSSR count). The lowest BCUT2D eigenvalue weighted by Crippen LogP contribution is -2.25. The van der Waals surface area contributed by atoms with Gasteiger partial charge in [0, 0.05) is 18.9 Å². The zero-order chi connectivity index (χ0) is 10.4. The van der Waals surface area contributed by atoms with Crippen molar-refractivity contribution < 1.29 is 14.7 Å². The fraction of sp³-hybridized carbons (Fsp3) is 0.750. The quantitative estimate of drug-likeness (QED) is 0.531. The van der Waals surface area contributed by atoms with E-state index in [0.29, 0.717) is 6.42 Å². The highest BCUT2D eigenvalue weighted by Crippen LogP contribution is 2.14. The topological polar surface area (TPSA) is 106 Å². The third-order valence-corrected chi connectivity index (χ3v) is 1.66. The molecule has 13 heavy (non-hydrogen) atoms. The molecule has 5 nitrogen and oxygen atoms in total. The molecule has 0 aromatic carbocycles. The lowest BCUT2D eigenvalue weighted by molar-refractivity contribution is -0.138. The van der Waals surface area contributed by atoms with Gasteiger partial charge in [-0.1, -0.05) is 0 Å². The van der Waals surface area contributed by atoms with E-state index in [4.69, 9.17) is 16.6 Å². The maximum Gasteiger partial charge on any atom is 0.303 e. The normalized spacial score (nSPS) is 14.9. The van der Waals surface area contributed by atoms with Crippen LogP contribution in [0.1, 0.15) is 26.2 Å². The Bertz CT molecular complexity index is 176. The van der Waals surface area contributed by atoms with Crippen LogP contribution in [0, 0.1) is 5.92 Å². The zero-order valence-corrected chi connectivity index (χ0v) is 7.69. The molecule has 2 atom stereocenters. The molecule has 0 heterocycles. The van der Waals surface area contributed by atoms with Crippen LogP contribution in [-0.2, 0) is 9.59 Å². The summed E-state index contributed by atoms with van der Waals surface area (Å²) in [5, 5.41) is 8.52. The fourth-order valence-electron chi connectivity index (χ4n) is 1.30. The first-order valence-electron chi connectivity index (χ1n) is 4.17. The van der Waals surface area contributed by atoms with E-state index < -0.39 is 11.9 Å². The Morgan fingerprint density at radius 2 is 1.92 bits per heavy atom. The van der Waals surface area contributed by atoms with Crippen molar-refractivity contribution in [3.05, 3.63) is 0 Å². The zero-order valence-electron chi connectivity index (χ0n) is 7.69. The Morgan fingerprint density at radius 1 is 1.38 bits per heavy atom. The molecule has 0 radical (unpaired) electrons. The number of primary amides is 1. The van der Waals surface area contributed by atoms with Gasteiger partial charge >= 0.3 is 5.97 Å². The summed E-state index contributed by atoms with van der Waals surface area (Å²) in [5.41, 5.74) is 10.5. The first kappa shape index (κ1) is 11.9. The van der Waals surface area contributed by atoms with Crippen molar-refractivity contribution in [3.63, 3.8) is 0 Å². The van der Waals surface area contributed by atoms with Gasteiger partial charge in [0.05, 0.1) is 0 Å². The molecule has 0 aromatic heterocycles. The third-order valence-electron chi connectivity index (χ3n) is 1.66. The predicted octanol–water partition coefficient (Wildman–Crippen LogP) is -0.310. The van der Waals surface area contributed by atoms with Gasteiger partial charge in [0.25, 0.3) is 0 Å². The predicted molar refractivity (Wildman–Crippen MR) is 47.8 cm³/mol. The van der Waals surface area contributed by atoms with E-state index in [1.54, 1.807) is 6.92 Å². The highest BCUT2D eigenvalue weighted by atomic mass is 16.4. The van der Waals surface area contributed by atoms with Gasteiger partial charge in [-0.25, -0.2) is 0 Å². The molecule has 0 aliphatic heterocycles. The number of carboxylic acids is 1. The lowest BCUT2D eigenvalue weighted by atomic mass is 9.94. The SMILES string of the molecule is CC(N)CC(CC(N)=O)CC(=O)O. The smallest absolute Gasteiger partial charge is 0.303 e. The minimum absolute atomic E-state index is 0.0511. The summed E-state index contributed by atoms with van der Waals surface area (Å²) >= 11 is 0. The van der Waals surface area contributed by atoms with Gasteiger partial charge in [0.15, 0.2) is 0 Å². The number of aliphatic carboxylic acids is 1. The highest BCUT2D eigenvalue weighted by molar-refractivity contribution is 5.75. The average molecular weight is 188 g/mol. The van der Waals surface area contributed by atoms with Crippen LogP contribution >= 0.6 is 0 Å². The number of hydrogen-bond acceptors (Lipinski definition) is 3. The molecule has 0 fully saturated rings. The summed E-state index contributed by atoms with van der Waals surface area (Å²) in [6.07, 6.45) is 0.549. The van der Waals surface area contributed by atoms with Gasteiger partial charge in [-0.15, -0.1) is 0 Å². The summed E-state index contributed by atoms with van der Waals surface area (Å²) in [6.45, 7) is 1.77. The molecule has 76 valence electrons. The van der Waals surface area contributed by atoms with Gasteiger partial charge in [0.2, 0.25) is 5.91 Å². The van der Waals surface area contributed by atoms with Crippen LogP contribution in [0.5, 0.6) is 0 Å². The van der Waals surface area contributed by atoms with Crippen LogP contribution in [0.4, 0.5) is 0 Å². The number of amides is 1. The van der Waals surface area contributed by atoms with Gasteiger partial charge in [-0.2, -0.15) is 0 Å². The van der Waals surface area contributed by atoms with Gasteiger partial charge in [0.1, 0.15) is 0 Å². The number of carbonyl (C=O) groups excluding carboxylic acids is 1. The average Bonchev–Trinajstić information content (AvgIpc) is 1.80. The van der Waals surface area contributed by atoms with Crippen molar-refractivity contribution in [2.45, 2.75) is 32.2 Å². The molecule has 5 heteroatoms. The van der Waals surface area contributed by atoms with E-state index in [1.165, 1.54) is 0 Å². The summed E-state index contributed by atoms with van der Waals surface area (Å²) in [5.74, 6) is -1.64. The molecular formula is C8H16N2O3. The summed E-state index contributed by atoms with van der Waals surface area (Å²) in [7, 11) is 0. The second kappa shape index (κ2) is 5.53. The van der Waals surface area contributed by atoms with E-state index >= 15 is 0 Å². The van der Waals surface area contributed by atoms with Crippen molar-refractivity contribution in [3.8, 4) is 0 Å². The highest BCUT2D eigenvalue weighted by Gasteiger charge is 2.17. The summed E-state index contributed by atoms with van der Waals surface area (Å²) in [4.78, 5) is 20.9. The molecule has 0 saturated heterocycles. The van der Waals surface area contributed by atoms with Crippen molar-refractivity contribution in [2.24, 2.45) is 17.4 Å². The van der Waals surface area contributed by atoms with Crippen molar-refractivity contribution in [2.75, 3.05) is 0 Å². The van der Waals surface area contributed by atoms with E-state index in [-0.39, 0.29) is 24.8 Å². The molecule has 0 saturated carbocycles. The number of carbonyl (C=O) groups is 2. The molecular weight excluding hydrogens is 172 g/mol. The van der Waals surface area contributed by atoms with Crippen LogP contribution in [0.25, 0.3) is 0 Å². The molecule has 0 bridgehead atoms. The van der Waals surface area contributed by atoms with E-state index in [9.17, 15) is 9.59 Å². The Hall–Kier alpha value is -1.10. The maximum absolute atomic E-state index is 10.6. The van der Waals surface area contributed by atoms with Crippen LogP contribution in [0.3, 0.4) is 0 Å². The monoisotopic (exact) mass is 188 g/mol.